The largest absolute Gasteiger partial charge is 0.449 e. The van der Waals surface area contributed by atoms with Crippen LogP contribution in [0.2, 0.25) is 0 Å². The van der Waals surface area contributed by atoms with Crippen LogP contribution in [0, 0.1) is 27.7 Å². The van der Waals surface area contributed by atoms with Gasteiger partial charge in [0.2, 0.25) is 0 Å². The molecule has 0 unspecified atom stereocenters. The maximum absolute atomic E-state index is 12.4. The highest BCUT2D eigenvalue weighted by molar-refractivity contribution is 6.05. The number of aromatic nitrogens is 1. The number of hydrogen-bond acceptors (Lipinski definition) is 3. The predicted octanol–water partition coefficient (Wildman–Crippen LogP) is 4.31. The third-order valence-corrected chi connectivity index (χ3v) is 3.65. The summed E-state index contributed by atoms with van der Waals surface area (Å²) in [6.45, 7) is 7.92. The number of nitrogens with one attached hydrogen (secondary N) is 1. The molecule has 1 N–H and O–H groups in total. The molecular weight excluding hydrogens is 276 g/mol. The van der Waals surface area contributed by atoms with Crippen molar-refractivity contribution in [2.45, 2.75) is 27.7 Å². The van der Waals surface area contributed by atoms with Gasteiger partial charge in [0.25, 0.3) is 5.91 Å². The molecule has 0 radical (unpaired) electrons. The van der Waals surface area contributed by atoms with Crippen molar-refractivity contribution < 1.29 is 9.21 Å². The number of carbonyl (C=O) groups is 1. The number of anilines is 1. The number of rotatable bonds is 2. The van der Waals surface area contributed by atoms with Crippen molar-refractivity contribution in [2.24, 2.45) is 0 Å². The number of aryl methyl sites for hydroxylation is 4. The van der Waals surface area contributed by atoms with Gasteiger partial charge in [0, 0.05) is 17.4 Å². The summed E-state index contributed by atoms with van der Waals surface area (Å²) < 4.78 is 5.59. The fourth-order valence-electron chi connectivity index (χ4n) is 2.69. The van der Waals surface area contributed by atoms with E-state index in [0.717, 1.165) is 22.5 Å². The van der Waals surface area contributed by atoms with Gasteiger partial charge >= 0.3 is 0 Å². The second-order valence-corrected chi connectivity index (χ2v) is 5.67. The highest BCUT2D eigenvalue weighted by Gasteiger charge is 2.15. The van der Waals surface area contributed by atoms with Gasteiger partial charge in [-0.15, -0.1) is 0 Å². The van der Waals surface area contributed by atoms with Crippen LogP contribution in [0.15, 0.2) is 34.7 Å². The second-order valence-electron chi connectivity index (χ2n) is 5.67. The number of nitrogens with zero attached hydrogens (tertiary/aromatic N) is 1. The van der Waals surface area contributed by atoms with Gasteiger partial charge in [-0.1, -0.05) is 17.7 Å². The third-order valence-electron chi connectivity index (χ3n) is 3.65. The first-order valence-corrected chi connectivity index (χ1v) is 7.20. The lowest BCUT2D eigenvalue weighted by Crippen LogP contribution is -2.13. The van der Waals surface area contributed by atoms with Crippen molar-refractivity contribution >= 4 is 22.7 Å². The number of benzene rings is 1. The Balaban J connectivity index is 1.93. The number of pyridine rings is 1. The van der Waals surface area contributed by atoms with E-state index >= 15 is 0 Å². The van der Waals surface area contributed by atoms with E-state index in [1.807, 2.05) is 52.0 Å². The number of furan rings is 1. The second kappa shape index (κ2) is 5.30. The smallest absolute Gasteiger partial charge is 0.291 e. The molecule has 0 aliphatic heterocycles. The number of amides is 1. The first kappa shape index (κ1) is 14.3. The monoisotopic (exact) mass is 294 g/mol. The standard InChI is InChI=1S/C18H18N2O2/c1-10-7-11(2)17(12(3)8-10)20-18(21)16-9-14-15(22-16)6-5-13(4)19-14/h5-9H,1-4H3,(H,20,21). The Morgan fingerprint density at radius 3 is 2.41 bits per heavy atom. The first-order chi connectivity index (χ1) is 10.4. The summed E-state index contributed by atoms with van der Waals surface area (Å²) in [5.41, 5.74) is 6.30. The molecule has 0 aliphatic carbocycles. The Hall–Kier alpha value is -2.62. The van der Waals surface area contributed by atoms with Crippen LogP contribution in [0.25, 0.3) is 11.1 Å². The Morgan fingerprint density at radius 1 is 1.05 bits per heavy atom. The normalized spacial score (nSPS) is 10.9. The van der Waals surface area contributed by atoms with Gasteiger partial charge in [0.1, 0.15) is 5.52 Å². The molecule has 0 fully saturated rings. The summed E-state index contributed by atoms with van der Waals surface area (Å²) in [6.07, 6.45) is 0. The van der Waals surface area contributed by atoms with Crippen molar-refractivity contribution in [1.82, 2.24) is 4.98 Å². The minimum absolute atomic E-state index is 0.259. The minimum Gasteiger partial charge on any atom is -0.449 e. The third kappa shape index (κ3) is 2.60. The number of hydrogen-bond donors (Lipinski definition) is 1. The van der Waals surface area contributed by atoms with E-state index in [0.29, 0.717) is 11.1 Å². The fraction of sp³-hybridized carbons (Fsp3) is 0.222. The van der Waals surface area contributed by atoms with Gasteiger partial charge < -0.3 is 9.73 Å². The van der Waals surface area contributed by atoms with Crippen LogP contribution in [-0.4, -0.2) is 10.9 Å². The van der Waals surface area contributed by atoms with E-state index in [4.69, 9.17) is 4.42 Å². The van der Waals surface area contributed by atoms with E-state index in [1.54, 1.807) is 6.07 Å². The molecule has 3 aromatic rings. The van der Waals surface area contributed by atoms with Gasteiger partial charge in [-0.2, -0.15) is 0 Å². The van der Waals surface area contributed by atoms with E-state index in [2.05, 4.69) is 10.3 Å². The molecule has 1 amide bonds. The van der Waals surface area contributed by atoms with Crippen LogP contribution in [-0.2, 0) is 0 Å². The van der Waals surface area contributed by atoms with E-state index in [9.17, 15) is 4.79 Å². The highest BCUT2D eigenvalue weighted by atomic mass is 16.3. The molecule has 2 heterocycles. The van der Waals surface area contributed by atoms with Crippen LogP contribution < -0.4 is 5.32 Å². The molecule has 2 aromatic heterocycles. The molecule has 0 aliphatic rings. The molecule has 112 valence electrons. The van der Waals surface area contributed by atoms with Gasteiger partial charge in [-0.3, -0.25) is 4.79 Å². The summed E-state index contributed by atoms with van der Waals surface area (Å²) in [6, 6.07) is 9.47. The molecule has 0 spiro atoms. The quantitative estimate of drug-likeness (QED) is 0.766. The number of fused-ring (bicyclic) bond motifs is 1. The molecule has 4 nitrogen and oxygen atoms in total. The van der Waals surface area contributed by atoms with E-state index < -0.39 is 0 Å². The molecule has 3 rings (SSSR count). The fourth-order valence-corrected chi connectivity index (χ4v) is 2.69. The summed E-state index contributed by atoms with van der Waals surface area (Å²) in [5, 5.41) is 2.94. The molecule has 4 heteroatoms. The Morgan fingerprint density at radius 2 is 1.73 bits per heavy atom. The van der Waals surface area contributed by atoms with Crippen LogP contribution in [0.3, 0.4) is 0 Å². The molecular formula is C18H18N2O2. The van der Waals surface area contributed by atoms with Crippen molar-refractivity contribution in [3.05, 3.63) is 58.5 Å². The zero-order valence-corrected chi connectivity index (χ0v) is 13.2. The topological polar surface area (TPSA) is 55.1 Å². The maximum atomic E-state index is 12.4. The van der Waals surface area contributed by atoms with Crippen molar-refractivity contribution in [2.75, 3.05) is 5.32 Å². The van der Waals surface area contributed by atoms with Crippen molar-refractivity contribution in [3.8, 4) is 0 Å². The van der Waals surface area contributed by atoms with Crippen LogP contribution in [0.4, 0.5) is 5.69 Å². The van der Waals surface area contributed by atoms with Gasteiger partial charge in [-0.05, 0) is 51.0 Å². The zero-order valence-electron chi connectivity index (χ0n) is 13.2. The average Bonchev–Trinajstić information content (AvgIpc) is 2.85. The molecule has 0 bridgehead atoms. The Bertz CT molecular complexity index is 855. The summed E-state index contributed by atoms with van der Waals surface area (Å²) >= 11 is 0. The molecule has 1 aromatic carbocycles. The summed E-state index contributed by atoms with van der Waals surface area (Å²) in [7, 11) is 0. The molecule has 0 saturated carbocycles. The van der Waals surface area contributed by atoms with Crippen molar-refractivity contribution in [3.63, 3.8) is 0 Å². The van der Waals surface area contributed by atoms with Crippen LogP contribution >= 0.6 is 0 Å². The lowest BCUT2D eigenvalue weighted by Gasteiger charge is -2.11. The zero-order chi connectivity index (χ0) is 15.9. The van der Waals surface area contributed by atoms with Gasteiger partial charge in [0.15, 0.2) is 11.3 Å². The minimum atomic E-state index is -0.259. The van der Waals surface area contributed by atoms with Crippen LogP contribution in [0.1, 0.15) is 32.9 Å². The maximum Gasteiger partial charge on any atom is 0.291 e. The summed E-state index contributed by atoms with van der Waals surface area (Å²) in [5.74, 6) is 0.0122. The molecule has 0 atom stereocenters. The first-order valence-electron chi connectivity index (χ1n) is 7.20. The summed E-state index contributed by atoms with van der Waals surface area (Å²) in [4.78, 5) is 16.8. The predicted molar refractivity (Wildman–Crippen MR) is 87.4 cm³/mol. The molecule has 22 heavy (non-hydrogen) atoms. The lowest BCUT2D eigenvalue weighted by atomic mass is 10.1. The molecule has 0 saturated heterocycles. The van der Waals surface area contributed by atoms with E-state index in [1.165, 1.54) is 5.56 Å². The number of carbonyl (C=O) groups excluding carboxylic acids is 1. The van der Waals surface area contributed by atoms with Gasteiger partial charge in [0.05, 0.1) is 0 Å². The van der Waals surface area contributed by atoms with Crippen molar-refractivity contribution in [1.29, 1.82) is 0 Å². The Kier molecular flexibility index (Phi) is 3.45. The average molecular weight is 294 g/mol. The van der Waals surface area contributed by atoms with Gasteiger partial charge in [-0.25, -0.2) is 4.98 Å². The SMILES string of the molecule is Cc1cc(C)c(NC(=O)c2cc3nc(C)ccc3o2)c(C)c1. The van der Waals surface area contributed by atoms with E-state index in [-0.39, 0.29) is 11.7 Å². The Labute approximate surface area is 129 Å². The highest BCUT2D eigenvalue weighted by Crippen LogP contribution is 2.24. The lowest BCUT2D eigenvalue weighted by molar-refractivity contribution is 0.0998. The van der Waals surface area contributed by atoms with Crippen LogP contribution in [0.5, 0.6) is 0 Å².